The number of fused-ring (bicyclic) bond motifs is 1. The third kappa shape index (κ3) is 3.07. The highest BCUT2D eigenvalue weighted by molar-refractivity contribution is 7.80. The molecule has 7 nitrogen and oxygen atoms in total. The predicted octanol–water partition coefficient (Wildman–Crippen LogP) is 4.17. The Hall–Kier alpha value is -3.91. The number of rotatable bonds is 4. The second-order valence-corrected chi connectivity index (χ2v) is 7.93. The summed E-state index contributed by atoms with van der Waals surface area (Å²) in [6.45, 7) is 0.229. The van der Waals surface area contributed by atoms with Gasteiger partial charge in [0, 0.05) is 47.9 Å². The maximum atomic E-state index is 5.83. The van der Waals surface area contributed by atoms with Gasteiger partial charge in [0.25, 0.3) is 0 Å². The van der Waals surface area contributed by atoms with Crippen LogP contribution in [0.1, 0.15) is 23.5 Å². The third-order valence-electron chi connectivity index (χ3n) is 5.76. The lowest BCUT2D eigenvalue weighted by Gasteiger charge is -2.29. The second-order valence-electron chi connectivity index (χ2n) is 7.54. The molecule has 32 heavy (non-hydrogen) atoms. The first-order valence-electron chi connectivity index (χ1n) is 10.3. The van der Waals surface area contributed by atoms with Crippen LogP contribution in [0.25, 0.3) is 5.69 Å². The molecule has 1 aromatic carbocycles. The summed E-state index contributed by atoms with van der Waals surface area (Å²) in [5.74, 6) is 1.46. The summed E-state index contributed by atoms with van der Waals surface area (Å²) in [6, 6.07) is 19.7. The van der Waals surface area contributed by atoms with Crippen molar-refractivity contribution in [2.75, 3.05) is 11.7 Å². The minimum Gasteiger partial charge on any atom is -0.454 e. The topological polar surface area (TPSA) is 64.4 Å². The Kier molecular flexibility index (Phi) is 4.50. The molecule has 1 saturated heterocycles. The third-order valence-corrected chi connectivity index (χ3v) is 6.07. The zero-order valence-corrected chi connectivity index (χ0v) is 17.8. The first-order valence-corrected chi connectivity index (χ1v) is 10.7. The Morgan fingerprint density at radius 1 is 0.906 bits per heavy atom. The van der Waals surface area contributed by atoms with E-state index in [0.29, 0.717) is 5.11 Å². The highest BCUT2D eigenvalue weighted by Crippen LogP contribution is 2.44. The van der Waals surface area contributed by atoms with E-state index in [2.05, 4.69) is 37.0 Å². The van der Waals surface area contributed by atoms with Crippen molar-refractivity contribution in [3.05, 3.63) is 96.8 Å². The predicted molar refractivity (Wildman–Crippen MR) is 124 cm³/mol. The molecule has 0 amide bonds. The summed E-state index contributed by atoms with van der Waals surface area (Å²) in [7, 11) is 0. The maximum Gasteiger partial charge on any atom is 0.231 e. The number of hydrogen-bond acceptors (Lipinski definition) is 5. The van der Waals surface area contributed by atoms with Crippen LogP contribution in [-0.4, -0.2) is 26.4 Å². The van der Waals surface area contributed by atoms with Crippen molar-refractivity contribution in [1.29, 1.82) is 0 Å². The number of anilines is 1. The van der Waals surface area contributed by atoms with E-state index in [1.165, 1.54) is 0 Å². The molecule has 2 unspecified atom stereocenters. The van der Waals surface area contributed by atoms with Crippen LogP contribution in [0.5, 0.6) is 11.5 Å². The van der Waals surface area contributed by atoms with Gasteiger partial charge in [-0.15, -0.1) is 0 Å². The first-order chi connectivity index (χ1) is 15.8. The Labute approximate surface area is 190 Å². The van der Waals surface area contributed by atoms with Gasteiger partial charge in [0.2, 0.25) is 6.79 Å². The molecule has 8 heteroatoms. The largest absolute Gasteiger partial charge is 0.454 e. The van der Waals surface area contributed by atoms with E-state index in [1.54, 1.807) is 12.4 Å². The smallest absolute Gasteiger partial charge is 0.231 e. The lowest BCUT2D eigenvalue weighted by molar-refractivity contribution is 0.174. The van der Waals surface area contributed by atoms with E-state index >= 15 is 0 Å². The molecule has 0 spiro atoms. The number of aromatic nitrogens is 3. The molecule has 5 heterocycles. The molecule has 0 bridgehead atoms. The highest BCUT2D eigenvalue weighted by atomic mass is 32.1. The number of hydrogen-bond donors (Lipinski definition) is 1. The average Bonchev–Trinajstić information content (AvgIpc) is 3.57. The molecule has 0 radical (unpaired) electrons. The van der Waals surface area contributed by atoms with Crippen molar-refractivity contribution >= 4 is 23.0 Å². The molecule has 6 rings (SSSR count). The Morgan fingerprint density at radius 2 is 1.78 bits per heavy atom. The Bertz CT molecular complexity index is 1280. The fraction of sp³-hybridized carbons (Fsp3) is 0.125. The molecule has 1 N–H and O–H groups in total. The van der Waals surface area contributed by atoms with E-state index in [4.69, 9.17) is 21.7 Å². The van der Waals surface area contributed by atoms with Gasteiger partial charge in [-0.05, 0) is 60.7 Å². The minimum absolute atomic E-state index is 0.135. The van der Waals surface area contributed by atoms with Crippen LogP contribution in [0, 0.1) is 0 Å². The SMILES string of the molecule is S=C1NC(c2ccccn2)C(c2cccn2-c2ccncc2)N1c1ccc2c(c1)OCO2. The molecular formula is C24H19N5O2S. The summed E-state index contributed by atoms with van der Waals surface area (Å²) in [5, 5.41) is 4.13. The number of nitrogens with zero attached hydrogens (tertiary/aromatic N) is 4. The van der Waals surface area contributed by atoms with E-state index in [0.717, 1.165) is 34.3 Å². The summed E-state index contributed by atoms with van der Waals surface area (Å²) < 4.78 is 13.3. The normalized spacial score (nSPS) is 19.2. The van der Waals surface area contributed by atoms with E-state index in [-0.39, 0.29) is 18.9 Å². The van der Waals surface area contributed by atoms with Crippen LogP contribution in [0.3, 0.4) is 0 Å². The van der Waals surface area contributed by atoms with Crippen LogP contribution >= 0.6 is 12.2 Å². The number of thiocarbonyl (C=S) groups is 1. The van der Waals surface area contributed by atoms with Gasteiger partial charge < -0.3 is 24.3 Å². The lowest BCUT2D eigenvalue weighted by Crippen LogP contribution is -2.30. The van der Waals surface area contributed by atoms with Crippen molar-refractivity contribution in [2.45, 2.75) is 12.1 Å². The van der Waals surface area contributed by atoms with Crippen LogP contribution in [0.15, 0.2) is 85.5 Å². The van der Waals surface area contributed by atoms with Crippen LogP contribution < -0.4 is 19.7 Å². The summed E-state index contributed by atoms with van der Waals surface area (Å²) in [4.78, 5) is 10.9. The first kappa shape index (κ1) is 18.8. The fourth-order valence-corrected chi connectivity index (χ4v) is 4.69. The van der Waals surface area contributed by atoms with Crippen LogP contribution in [-0.2, 0) is 0 Å². The molecule has 158 valence electrons. The van der Waals surface area contributed by atoms with Gasteiger partial charge in [-0.1, -0.05) is 6.07 Å². The van der Waals surface area contributed by atoms with Crippen molar-refractivity contribution in [3.8, 4) is 17.2 Å². The second kappa shape index (κ2) is 7.65. The van der Waals surface area contributed by atoms with E-state index in [9.17, 15) is 0 Å². The van der Waals surface area contributed by atoms with Gasteiger partial charge in [-0.3, -0.25) is 9.97 Å². The summed E-state index contributed by atoms with van der Waals surface area (Å²) in [5.41, 5.74) is 3.96. The number of nitrogens with one attached hydrogen (secondary N) is 1. The van der Waals surface area contributed by atoms with Crippen molar-refractivity contribution in [1.82, 2.24) is 19.9 Å². The van der Waals surface area contributed by atoms with Gasteiger partial charge in [0.1, 0.15) is 6.04 Å². The van der Waals surface area contributed by atoms with E-state index < -0.39 is 0 Å². The Balaban J connectivity index is 1.50. The van der Waals surface area contributed by atoms with Gasteiger partial charge in [-0.25, -0.2) is 0 Å². The molecule has 2 aliphatic rings. The van der Waals surface area contributed by atoms with Crippen LogP contribution in [0.2, 0.25) is 0 Å². The van der Waals surface area contributed by atoms with Gasteiger partial charge >= 0.3 is 0 Å². The van der Waals surface area contributed by atoms with Crippen molar-refractivity contribution < 1.29 is 9.47 Å². The van der Waals surface area contributed by atoms with E-state index in [1.807, 2.05) is 60.8 Å². The molecule has 4 aromatic rings. The molecule has 1 fully saturated rings. The lowest BCUT2D eigenvalue weighted by atomic mass is 10.0. The number of benzene rings is 1. The summed E-state index contributed by atoms with van der Waals surface area (Å²) >= 11 is 5.83. The van der Waals surface area contributed by atoms with Crippen molar-refractivity contribution in [3.63, 3.8) is 0 Å². The molecule has 2 atom stereocenters. The molecule has 0 saturated carbocycles. The number of ether oxygens (including phenoxy) is 2. The monoisotopic (exact) mass is 441 g/mol. The fourth-order valence-electron chi connectivity index (χ4n) is 4.34. The maximum absolute atomic E-state index is 5.83. The zero-order chi connectivity index (χ0) is 21.5. The average molecular weight is 442 g/mol. The molecule has 3 aromatic heterocycles. The Morgan fingerprint density at radius 3 is 2.62 bits per heavy atom. The molecular weight excluding hydrogens is 422 g/mol. The van der Waals surface area contributed by atoms with Gasteiger partial charge in [0.15, 0.2) is 16.6 Å². The van der Waals surface area contributed by atoms with Crippen LogP contribution in [0.4, 0.5) is 5.69 Å². The zero-order valence-electron chi connectivity index (χ0n) is 17.0. The molecule has 0 aliphatic carbocycles. The minimum atomic E-state index is -0.138. The highest BCUT2D eigenvalue weighted by Gasteiger charge is 2.42. The standard InChI is InChI=1S/C24H19N5O2S/c32-24-27-22(18-4-1-2-10-26-18)23(19-5-3-13-28(19)16-8-11-25-12-9-16)29(24)17-6-7-20-21(14-17)31-15-30-20/h1-14,22-23H,15H2,(H,27,32). The summed E-state index contributed by atoms with van der Waals surface area (Å²) in [6.07, 6.45) is 7.45. The van der Waals surface area contributed by atoms with Crippen molar-refractivity contribution in [2.24, 2.45) is 0 Å². The molecule has 2 aliphatic heterocycles. The van der Waals surface area contributed by atoms with Gasteiger partial charge in [-0.2, -0.15) is 0 Å². The van der Waals surface area contributed by atoms with Gasteiger partial charge in [0.05, 0.1) is 11.7 Å². The number of pyridine rings is 2. The quantitative estimate of drug-likeness (QED) is 0.477.